The van der Waals surface area contributed by atoms with Crippen LogP contribution in [0.4, 0.5) is 0 Å². The van der Waals surface area contributed by atoms with Crippen LogP contribution in [0.3, 0.4) is 0 Å². The number of hydrogen-bond acceptors (Lipinski definition) is 4. The molecule has 13 heavy (non-hydrogen) atoms. The van der Waals surface area contributed by atoms with Crippen molar-refractivity contribution in [1.29, 1.82) is 0 Å². The highest BCUT2D eigenvalue weighted by Gasteiger charge is 2.04. The fourth-order valence-corrected chi connectivity index (χ4v) is 0.914. The summed E-state index contributed by atoms with van der Waals surface area (Å²) in [6.07, 6.45) is 3.23. The van der Waals surface area contributed by atoms with Gasteiger partial charge in [-0.3, -0.25) is 0 Å². The second-order valence-corrected chi connectivity index (χ2v) is 2.51. The Labute approximate surface area is 81.4 Å². The van der Waals surface area contributed by atoms with Gasteiger partial charge in [0.2, 0.25) is 0 Å². The lowest BCUT2D eigenvalue weighted by Gasteiger charge is -1.94. The third-order valence-corrected chi connectivity index (χ3v) is 1.60. The molecule has 1 rings (SSSR count). The maximum atomic E-state index is 10.4. The van der Waals surface area contributed by atoms with Crippen LogP contribution in [0.15, 0.2) is 17.4 Å². The van der Waals surface area contributed by atoms with Crippen molar-refractivity contribution in [3.8, 4) is 0 Å². The van der Waals surface area contributed by atoms with Crippen molar-refractivity contribution >= 4 is 17.7 Å². The van der Waals surface area contributed by atoms with Crippen LogP contribution < -0.4 is 0 Å². The minimum atomic E-state index is -1.03. The van der Waals surface area contributed by atoms with Crippen LogP contribution in [-0.4, -0.2) is 27.3 Å². The van der Waals surface area contributed by atoms with E-state index in [-0.39, 0.29) is 5.69 Å². The molecule has 0 amide bonds. The molecular formula is C8H12N2O2S. The molecule has 0 unspecified atom stereocenters. The van der Waals surface area contributed by atoms with Crippen molar-refractivity contribution in [3.05, 3.63) is 18.0 Å². The third kappa shape index (κ3) is 3.89. The van der Waals surface area contributed by atoms with Gasteiger partial charge in [-0.2, -0.15) is 0 Å². The highest BCUT2D eigenvalue weighted by molar-refractivity contribution is 7.98. The standard InChI is InChI=1S/C6H6N2O2S.C2H6/c1-11-6-7-3-2-4(8-6)5(9)10;1-2/h2-3H,1H3,(H,9,10);1-2H3. The van der Waals surface area contributed by atoms with Crippen LogP contribution in [-0.2, 0) is 0 Å². The third-order valence-electron chi connectivity index (χ3n) is 1.04. The van der Waals surface area contributed by atoms with Crippen LogP contribution >= 0.6 is 11.8 Å². The Bertz CT molecular complexity index is 279. The Balaban J connectivity index is 0.000000671. The lowest BCUT2D eigenvalue weighted by Crippen LogP contribution is -2.01. The number of aromatic nitrogens is 2. The van der Waals surface area contributed by atoms with E-state index in [0.29, 0.717) is 5.16 Å². The minimum absolute atomic E-state index is 0.0318. The van der Waals surface area contributed by atoms with Crippen molar-refractivity contribution in [2.45, 2.75) is 19.0 Å². The Morgan fingerprint density at radius 2 is 2.15 bits per heavy atom. The van der Waals surface area contributed by atoms with Gasteiger partial charge >= 0.3 is 5.97 Å². The van der Waals surface area contributed by atoms with E-state index in [4.69, 9.17) is 5.11 Å². The highest BCUT2D eigenvalue weighted by atomic mass is 32.2. The molecule has 0 atom stereocenters. The van der Waals surface area contributed by atoms with Crippen LogP contribution in [0.2, 0.25) is 0 Å². The summed E-state index contributed by atoms with van der Waals surface area (Å²) in [6, 6.07) is 1.36. The molecule has 0 saturated heterocycles. The molecule has 1 heterocycles. The van der Waals surface area contributed by atoms with Crippen LogP contribution in [0.25, 0.3) is 0 Å². The summed E-state index contributed by atoms with van der Waals surface area (Å²) in [5, 5.41) is 8.98. The minimum Gasteiger partial charge on any atom is -0.477 e. The molecule has 0 saturated carbocycles. The number of carboxylic acid groups (broad SMARTS) is 1. The lowest BCUT2D eigenvalue weighted by atomic mass is 10.4. The molecule has 0 spiro atoms. The predicted octanol–water partition coefficient (Wildman–Crippen LogP) is 1.92. The SMILES string of the molecule is CC.CSc1nccc(C(=O)O)n1. The molecular weight excluding hydrogens is 188 g/mol. The van der Waals surface area contributed by atoms with E-state index in [0.717, 1.165) is 0 Å². The summed E-state index contributed by atoms with van der Waals surface area (Å²) in [7, 11) is 0. The number of carboxylic acids is 1. The molecule has 1 aromatic rings. The zero-order valence-electron chi connectivity index (χ0n) is 7.81. The molecule has 0 radical (unpaired) electrons. The largest absolute Gasteiger partial charge is 0.477 e. The van der Waals surface area contributed by atoms with Crippen molar-refractivity contribution in [2.75, 3.05) is 6.26 Å². The summed E-state index contributed by atoms with van der Waals surface area (Å²) in [5.41, 5.74) is 0.0318. The van der Waals surface area contributed by atoms with Gasteiger partial charge in [-0.25, -0.2) is 14.8 Å². The Hall–Kier alpha value is -1.10. The molecule has 0 bridgehead atoms. The fourth-order valence-electron chi connectivity index (χ4n) is 0.558. The average Bonchev–Trinajstić information content (AvgIpc) is 2.21. The van der Waals surface area contributed by atoms with Crippen molar-refractivity contribution in [2.24, 2.45) is 0 Å². The molecule has 1 N–H and O–H groups in total. The van der Waals surface area contributed by atoms with Crippen molar-refractivity contribution < 1.29 is 9.90 Å². The summed E-state index contributed by atoms with van der Waals surface area (Å²) in [5.74, 6) is -1.03. The van der Waals surface area contributed by atoms with Gasteiger partial charge in [0.25, 0.3) is 0 Å². The topological polar surface area (TPSA) is 63.1 Å². The van der Waals surface area contributed by atoms with E-state index in [1.54, 1.807) is 6.26 Å². The maximum absolute atomic E-state index is 10.4. The van der Waals surface area contributed by atoms with Gasteiger partial charge in [0, 0.05) is 6.20 Å². The molecule has 0 fully saturated rings. The molecule has 4 nitrogen and oxygen atoms in total. The lowest BCUT2D eigenvalue weighted by molar-refractivity contribution is 0.0689. The smallest absolute Gasteiger partial charge is 0.354 e. The Kier molecular flexibility index (Phi) is 5.88. The van der Waals surface area contributed by atoms with Gasteiger partial charge in [-0.15, -0.1) is 0 Å². The highest BCUT2D eigenvalue weighted by Crippen LogP contribution is 2.06. The first kappa shape index (κ1) is 11.9. The predicted molar refractivity (Wildman–Crippen MR) is 52.1 cm³/mol. The molecule has 72 valence electrons. The molecule has 0 aliphatic rings. The van der Waals surface area contributed by atoms with E-state index >= 15 is 0 Å². The van der Waals surface area contributed by atoms with E-state index in [1.165, 1.54) is 24.0 Å². The quantitative estimate of drug-likeness (QED) is 0.583. The number of rotatable bonds is 2. The van der Waals surface area contributed by atoms with Crippen LogP contribution in [0.5, 0.6) is 0 Å². The normalized spacial score (nSPS) is 8.54. The monoisotopic (exact) mass is 200 g/mol. The summed E-state index contributed by atoms with van der Waals surface area (Å²) < 4.78 is 0. The van der Waals surface area contributed by atoms with E-state index in [9.17, 15) is 4.79 Å². The zero-order chi connectivity index (χ0) is 10.3. The fraction of sp³-hybridized carbons (Fsp3) is 0.375. The Morgan fingerprint density at radius 1 is 1.54 bits per heavy atom. The van der Waals surface area contributed by atoms with Crippen molar-refractivity contribution in [3.63, 3.8) is 0 Å². The average molecular weight is 200 g/mol. The van der Waals surface area contributed by atoms with E-state index in [2.05, 4.69) is 9.97 Å². The molecule has 1 aromatic heterocycles. The number of thioether (sulfide) groups is 1. The van der Waals surface area contributed by atoms with Gasteiger partial charge in [0.15, 0.2) is 10.9 Å². The van der Waals surface area contributed by atoms with E-state index in [1.807, 2.05) is 13.8 Å². The number of nitrogens with zero attached hydrogens (tertiary/aromatic N) is 2. The Morgan fingerprint density at radius 3 is 2.62 bits per heavy atom. The molecule has 5 heteroatoms. The van der Waals surface area contributed by atoms with Gasteiger partial charge in [-0.05, 0) is 12.3 Å². The van der Waals surface area contributed by atoms with Crippen LogP contribution in [0.1, 0.15) is 24.3 Å². The van der Waals surface area contributed by atoms with E-state index < -0.39 is 5.97 Å². The summed E-state index contributed by atoms with van der Waals surface area (Å²) in [6.45, 7) is 4.00. The first-order valence-corrected chi connectivity index (χ1v) is 5.07. The molecule has 0 aromatic carbocycles. The second-order valence-electron chi connectivity index (χ2n) is 1.73. The number of hydrogen-bond donors (Lipinski definition) is 1. The van der Waals surface area contributed by atoms with Gasteiger partial charge in [0.05, 0.1) is 0 Å². The first-order chi connectivity index (χ1) is 6.24. The maximum Gasteiger partial charge on any atom is 0.354 e. The van der Waals surface area contributed by atoms with Crippen molar-refractivity contribution in [1.82, 2.24) is 9.97 Å². The van der Waals surface area contributed by atoms with Gasteiger partial charge in [-0.1, -0.05) is 25.6 Å². The second kappa shape index (κ2) is 6.42. The van der Waals surface area contributed by atoms with Crippen LogP contribution in [0, 0.1) is 0 Å². The molecule has 0 aliphatic carbocycles. The molecule has 0 aliphatic heterocycles. The number of aromatic carboxylic acids is 1. The zero-order valence-corrected chi connectivity index (χ0v) is 8.63. The summed E-state index contributed by atoms with van der Waals surface area (Å²) >= 11 is 1.31. The summed E-state index contributed by atoms with van der Waals surface area (Å²) in [4.78, 5) is 17.9. The van der Waals surface area contributed by atoms with Gasteiger partial charge in [0.1, 0.15) is 0 Å². The van der Waals surface area contributed by atoms with Gasteiger partial charge < -0.3 is 5.11 Å². The first-order valence-electron chi connectivity index (χ1n) is 3.84. The number of carbonyl (C=O) groups is 1.